The van der Waals surface area contributed by atoms with Crippen LogP contribution in [0.1, 0.15) is 13.8 Å². The summed E-state index contributed by atoms with van der Waals surface area (Å²) < 4.78 is 33.3. The maximum Gasteiger partial charge on any atom is 0.299 e. The quantitative estimate of drug-likeness (QED) is 0.663. The number of hydrogen-bond donors (Lipinski definition) is 3. The van der Waals surface area contributed by atoms with Gasteiger partial charge in [0, 0.05) is 18.8 Å². The van der Waals surface area contributed by atoms with E-state index in [4.69, 9.17) is 10.5 Å². The summed E-state index contributed by atoms with van der Waals surface area (Å²) >= 11 is 0. The molecule has 0 heterocycles. The van der Waals surface area contributed by atoms with Crippen molar-refractivity contribution in [2.75, 3.05) is 24.4 Å². The van der Waals surface area contributed by atoms with E-state index in [-0.39, 0.29) is 13.1 Å². The Morgan fingerprint density at radius 2 is 1.89 bits per heavy atom. The SMILES string of the molecule is CC(C)COc1ccc(NS(=O)(=O)NCCN)cc1. The lowest BCUT2D eigenvalue weighted by molar-refractivity contribution is 0.271. The van der Waals surface area contributed by atoms with E-state index >= 15 is 0 Å². The summed E-state index contributed by atoms with van der Waals surface area (Å²) in [5.74, 6) is 1.16. The molecule has 4 N–H and O–H groups in total. The van der Waals surface area contributed by atoms with Crippen LogP contribution in [0.2, 0.25) is 0 Å². The molecule has 1 aromatic carbocycles. The van der Waals surface area contributed by atoms with Crippen LogP contribution in [0, 0.1) is 5.92 Å². The Kier molecular flexibility index (Phi) is 6.07. The Hall–Kier alpha value is -1.31. The zero-order valence-electron chi connectivity index (χ0n) is 11.2. The number of nitrogens with one attached hydrogen (secondary N) is 2. The van der Waals surface area contributed by atoms with Gasteiger partial charge in [0.05, 0.1) is 6.61 Å². The highest BCUT2D eigenvalue weighted by Crippen LogP contribution is 2.16. The van der Waals surface area contributed by atoms with Gasteiger partial charge >= 0.3 is 0 Å². The van der Waals surface area contributed by atoms with Crippen LogP contribution in [0.3, 0.4) is 0 Å². The molecule has 6 nitrogen and oxygen atoms in total. The van der Waals surface area contributed by atoms with Crippen molar-refractivity contribution in [2.24, 2.45) is 11.7 Å². The molecule has 0 amide bonds. The zero-order chi connectivity index (χ0) is 14.3. The van der Waals surface area contributed by atoms with Gasteiger partial charge in [-0.25, -0.2) is 0 Å². The van der Waals surface area contributed by atoms with Gasteiger partial charge in [-0.3, -0.25) is 4.72 Å². The average molecular weight is 287 g/mol. The van der Waals surface area contributed by atoms with Gasteiger partial charge in [-0.2, -0.15) is 13.1 Å². The van der Waals surface area contributed by atoms with Crippen molar-refractivity contribution in [3.8, 4) is 5.75 Å². The van der Waals surface area contributed by atoms with Gasteiger partial charge in [0.25, 0.3) is 10.2 Å². The van der Waals surface area contributed by atoms with Crippen molar-refractivity contribution in [1.29, 1.82) is 0 Å². The Morgan fingerprint density at radius 1 is 1.26 bits per heavy atom. The molecule has 19 heavy (non-hydrogen) atoms. The molecule has 0 bridgehead atoms. The van der Waals surface area contributed by atoms with Crippen LogP contribution in [0.15, 0.2) is 24.3 Å². The van der Waals surface area contributed by atoms with Crippen molar-refractivity contribution in [3.63, 3.8) is 0 Å². The second kappa shape index (κ2) is 7.32. The highest BCUT2D eigenvalue weighted by molar-refractivity contribution is 7.90. The fraction of sp³-hybridized carbons (Fsp3) is 0.500. The largest absolute Gasteiger partial charge is 0.493 e. The van der Waals surface area contributed by atoms with Gasteiger partial charge in [0.15, 0.2) is 0 Å². The summed E-state index contributed by atoms with van der Waals surface area (Å²) in [7, 11) is -3.56. The van der Waals surface area contributed by atoms with Crippen molar-refractivity contribution < 1.29 is 13.2 Å². The van der Waals surface area contributed by atoms with Gasteiger partial charge in [0.2, 0.25) is 0 Å². The molecule has 0 saturated heterocycles. The van der Waals surface area contributed by atoms with Crippen molar-refractivity contribution in [1.82, 2.24) is 4.72 Å². The summed E-state index contributed by atoms with van der Waals surface area (Å²) in [5.41, 5.74) is 5.71. The standard InChI is InChI=1S/C12H21N3O3S/c1-10(2)9-18-12-5-3-11(4-6-12)15-19(16,17)14-8-7-13/h3-6,10,14-15H,7-9,13H2,1-2H3. The van der Waals surface area contributed by atoms with E-state index in [0.717, 1.165) is 0 Å². The first-order valence-corrected chi connectivity index (χ1v) is 7.61. The van der Waals surface area contributed by atoms with Crippen LogP contribution in [-0.4, -0.2) is 28.1 Å². The molecule has 108 valence electrons. The van der Waals surface area contributed by atoms with Gasteiger partial charge < -0.3 is 10.5 Å². The Labute approximate surface area is 114 Å². The molecule has 0 radical (unpaired) electrons. The molecular formula is C12H21N3O3S. The van der Waals surface area contributed by atoms with E-state index in [1.807, 2.05) is 0 Å². The maximum atomic E-state index is 11.5. The van der Waals surface area contributed by atoms with E-state index in [9.17, 15) is 8.42 Å². The first kappa shape index (κ1) is 15.7. The number of ether oxygens (including phenoxy) is 1. The summed E-state index contributed by atoms with van der Waals surface area (Å²) in [4.78, 5) is 0. The molecule has 0 unspecified atom stereocenters. The van der Waals surface area contributed by atoms with E-state index in [2.05, 4.69) is 23.3 Å². The van der Waals surface area contributed by atoms with Crippen LogP contribution in [-0.2, 0) is 10.2 Å². The van der Waals surface area contributed by atoms with E-state index in [0.29, 0.717) is 24.0 Å². The minimum absolute atomic E-state index is 0.199. The van der Waals surface area contributed by atoms with E-state index in [1.54, 1.807) is 24.3 Å². The number of rotatable bonds is 8. The van der Waals surface area contributed by atoms with Crippen LogP contribution >= 0.6 is 0 Å². The number of anilines is 1. The first-order chi connectivity index (χ1) is 8.93. The van der Waals surface area contributed by atoms with Crippen molar-refractivity contribution >= 4 is 15.9 Å². The third kappa shape index (κ3) is 6.42. The predicted octanol–water partition coefficient (Wildman–Crippen LogP) is 0.926. The van der Waals surface area contributed by atoms with Crippen LogP contribution in [0.4, 0.5) is 5.69 Å². The van der Waals surface area contributed by atoms with Crippen molar-refractivity contribution in [3.05, 3.63) is 24.3 Å². The molecule has 0 atom stereocenters. The highest BCUT2D eigenvalue weighted by Gasteiger charge is 2.08. The minimum Gasteiger partial charge on any atom is -0.493 e. The molecule has 7 heteroatoms. The van der Waals surface area contributed by atoms with Gasteiger partial charge in [0.1, 0.15) is 5.75 Å². The third-order valence-electron chi connectivity index (χ3n) is 2.13. The fourth-order valence-corrected chi connectivity index (χ4v) is 2.17. The summed E-state index contributed by atoms with van der Waals surface area (Å²) in [6, 6.07) is 6.75. The molecule has 0 saturated carbocycles. The molecule has 1 rings (SSSR count). The molecule has 0 spiro atoms. The van der Waals surface area contributed by atoms with Gasteiger partial charge in [-0.15, -0.1) is 0 Å². The first-order valence-electron chi connectivity index (χ1n) is 6.13. The lowest BCUT2D eigenvalue weighted by atomic mass is 10.2. The van der Waals surface area contributed by atoms with E-state index < -0.39 is 10.2 Å². The summed E-state index contributed by atoms with van der Waals surface area (Å²) in [5, 5.41) is 0. The normalized spacial score (nSPS) is 11.6. The number of nitrogens with two attached hydrogens (primary N) is 1. The Morgan fingerprint density at radius 3 is 2.42 bits per heavy atom. The van der Waals surface area contributed by atoms with Crippen LogP contribution in [0.5, 0.6) is 5.75 Å². The van der Waals surface area contributed by atoms with Crippen LogP contribution in [0.25, 0.3) is 0 Å². The topological polar surface area (TPSA) is 93.4 Å². The van der Waals surface area contributed by atoms with Gasteiger partial charge in [-0.05, 0) is 30.2 Å². The van der Waals surface area contributed by atoms with E-state index in [1.165, 1.54) is 0 Å². The average Bonchev–Trinajstić information content (AvgIpc) is 2.35. The molecule has 0 aromatic heterocycles. The van der Waals surface area contributed by atoms with Crippen LogP contribution < -0.4 is 19.9 Å². The third-order valence-corrected chi connectivity index (χ3v) is 3.21. The monoisotopic (exact) mass is 287 g/mol. The lowest BCUT2D eigenvalue weighted by Crippen LogP contribution is -2.33. The summed E-state index contributed by atoms with van der Waals surface area (Å²) in [6.45, 7) is 5.20. The zero-order valence-corrected chi connectivity index (χ0v) is 12.0. The molecule has 0 aliphatic carbocycles. The Balaban J connectivity index is 2.56. The molecule has 0 aliphatic heterocycles. The van der Waals surface area contributed by atoms with Crippen molar-refractivity contribution in [2.45, 2.75) is 13.8 Å². The molecule has 0 fully saturated rings. The summed E-state index contributed by atoms with van der Waals surface area (Å²) in [6.07, 6.45) is 0. The Bertz CT molecular complexity index is 471. The molecule has 1 aromatic rings. The smallest absolute Gasteiger partial charge is 0.299 e. The predicted molar refractivity (Wildman–Crippen MR) is 76.4 cm³/mol. The molecular weight excluding hydrogens is 266 g/mol. The highest BCUT2D eigenvalue weighted by atomic mass is 32.2. The molecule has 0 aliphatic rings. The van der Waals surface area contributed by atoms with Gasteiger partial charge in [-0.1, -0.05) is 13.8 Å². The number of hydrogen-bond acceptors (Lipinski definition) is 4. The maximum absolute atomic E-state index is 11.5. The second-order valence-corrected chi connectivity index (χ2v) is 6.02. The number of benzene rings is 1. The lowest BCUT2D eigenvalue weighted by Gasteiger charge is -2.11. The fourth-order valence-electron chi connectivity index (χ4n) is 1.27. The minimum atomic E-state index is -3.56. The second-order valence-electron chi connectivity index (χ2n) is 4.52.